The first-order valence-corrected chi connectivity index (χ1v) is 16.5. The van der Waals surface area contributed by atoms with Gasteiger partial charge < -0.3 is 19.0 Å². The van der Waals surface area contributed by atoms with Gasteiger partial charge in [0.1, 0.15) is 11.6 Å². The highest BCUT2D eigenvalue weighted by Gasteiger charge is 2.24. The molecule has 222 valence electrons. The third-order valence-electron chi connectivity index (χ3n) is 8.94. The lowest BCUT2D eigenvalue weighted by Crippen LogP contribution is -2.37. The maximum absolute atomic E-state index is 11.7. The average Bonchev–Trinajstić information content (AvgIpc) is 3.78. The molecule has 0 atom stereocenters. The largest absolute Gasteiger partial charge is 0.478 e. The Morgan fingerprint density at radius 2 is 1.58 bits per heavy atom. The number of carboxylic acids is 1. The molecule has 2 aromatic heterocycles. The molecule has 0 radical (unpaired) electrons. The fourth-order valence-electron chi connectivity index (χ4n) is 6.70. The Morgan fingerprint density at radius 1 is 0.884 bits per heavy atom. The summed E-state index contributed by atoms with van der Waals surface area (Å²) in [7, 11) is 0. The summed E-state index contributed by atoms with van der Waals surface area (Å²) in [5, 5.41) is 9.62. The van der Waals surface area contributed by atoms with Gasteiger partial charge in [-0.3, -0.25) is 4.90 Å². The van der Waals surface area contributed by atoms with Crippen molar-refractivity contribution in [2.45, 2.75) is 49.6 Å². The van der Waals surface area contributed by atoms with E-state index in [1.807, 2.05) is 6.07 Å². The van der Waals surface area contributed by atoms with Crippen LogP contribution in [0.1, 0.15) is 48.5 Å². The monoisotopic (exact) mass is 595 g/mol. The van der Waals surface area contributed by atoms with E-state index in [4.69, 9.17) is 14.7 Å². The highest BCUT2D eigenvalue weighted by molar-refractivity contribution is 7.98. The van der Waals surface area contributed by atoms with Gasteiger partial charge in [0, 0.05) is 48.2 Å². The summed E-state index contributed by atoms with van der Waals surface area (Å²) in [5.41, 5.74) is 6.15. The zero-order valence-electron chi connectivity index (χ0n) is 24.5. The summed E-state index contributed by atoms with van der Waals surface area (Å²) in [4.78, 5) is 25.7. The summed E-state index contributed by atoms with van der Waals surface area (Å²) in [5.74, 6) is 0.932. The van der Waals surface area contributed by atoms with E-state index in [1.54, 1.807) is 23.9 Å². The van der Waals surface area contributed by atoms with Crippen LogP contribution in [0.5, 0.6) is 0 Å². The number of thioether (sulfide) groups is 1. The van der Waals surface area contributed by atoms with E-state index in [0.29, 0.717) is 11.6 Å². The van der Waals surface area contributed by atoms with E-state index in [2.05, 4.69) is 62.8 Å². The van der Waals surface area contributed by atoms with E-state index in [-0.39, 0.29) is 5.56 Å². The molecule has 2 fully saturated rings. The van der Waals surface area contributed by atoms with Gasteiger partial charge in [0.2, 0.25) is 0 Å². The first kappa shape index (κ1) is 28.1. The van der Waals surface area contributed by atoms with Gasteiger partial charge in [-0.15, -0.1) is 11.8 Å². The fourth-order valence-corrected chi connectivity index (χ4v) is 7.11. The van der Waals surface area contributed by atoms with Gasteiger partial charge in [0.05, 0.1) is 40.8 Å². The van der Waals surface area contributed by atoms with Crippen molar-refractivity contribution in [1.82, 2.24) is 24.0 Å². The second kappa shape index (κ2) is 12.1. The standard InChI is InChI=1S/C34H37N5O3S/c1-43-27-11-7-23(8-12-27)33-36-29-21-24(9-14-31(29)39(33)26-5-2-3-6-26)32-35-28-22-25(34(40)41)10-13-30(28)38(32)16-4-15-37-17-19-42-20-18-37/h7-14,21-22,26H,2-6,15-20H2,1H3,(H,40,41). The lowest BCUT2D eigenvalue weighted by molar-refractivity contribution is 0.0370. The minimum absolute atomic E-state index is 0.250. The maximum atomic E-state index is 11.7. The van der Waals surface area contributed by atoms with Gasteiger partial charge in [-0.2, -0.15) is 0 Å². The Bertz CT molecular complexity index is 1760. The van der Waals surface area contributed by atoms with Crippen molar-refractivity contribution in [3.63, 3.8) is 0 Å². The summed E-state index contributed by atoms with van der Waals surface area (Å²) in [6, 6.07) is 21.0. The predicted molar refractivity (Wildman–Crippen MR) is 172 cm³/mol. The molecule has 0 spiro atoms. The Morgan fingerprint density at radius 3 is 2.33 bits per heavy atom. The molecule has 1 aliphatic carbocycles. The minimum Gasteiger partial charge on any atom is -0.478 e. The van der Waals surface area contributed by atoms with E-state index in [0.717, 1.165) is 85.1 Å². The molecule has 9 heteroatoms. The lowest BCUT2D eigenvalue weighted by Gasteiger charge is -2.26. The number of morpholine rings is 1. The third kappa shape index (κ3) is 5.57. The third-order valence-corrected chi connectivity index (χ3v) is 9.68. The summed E-state index contributed by atoms with van der Waals surface area (Å²) in [6.07, 6.45) is 7.92. The molecule has 43 heavy (non-hydrogen) atoms. The minimum atomic E-state index is -0.942. The normalized spacial score (nSPS) is 16.5. The molecular weight excluding hydrogens is 558 g/mol. The highest BCUT2D eigenvalue weighted by Crippen LogP contribution is 2.38. The van der Waals surface area contributed by atoms with Gasteiger partial charge in [0.15, 0.2) is 0 Å². The number of hydrogen-bond acceptors (Lipinski definition) is 6. The van der Waals surface area contributed by atoms with Gasteiger partial charge in [-0.1, -0.05) is 25.0 Å². The van der Waals surface area contributed by atoms with Crippen LogP contribution in [0, 0.1) is 0 Å². The van der Waals surface area contributed by atoms with Crippen LogP contribution in [-0.2, 0) is 11.3 Å². The van der Waals surface area contributed by atoms with Gasteiger partial charge >= 0.3 is 5.97 Å². The molecule has 1 N–H and O–H groups in total. The Balaban J connectivity index is 1.30. The van der Waals surface area contributed by atoms with Crippen LogP contribution in [0.25, 0.3) is 44.8 Å². The number of aromatic nitrogens is 4. The topological polar surface area (TPSA) is 85.4 Å². The summed E-state index contributed by atoms with van der Waals surface area (Å²) < 4.78 is 10.2. The number of hydrogen-bond donors (Lipinski definition) is 1. The molecule has 0 bridgehead atoms. The number of nitrogens with zero attached hydrogens (tertiary/aromatic N) is 5. The number of benzene rings is 3. The number of carbonyl (C=O) groups is 1. The molecule has 0 amide bonds. The zero-order chi connectivity index (χ0) is 29.3. The second-order valence-corrected chi connectivity index (χ2v) is 12.5. The van der Waals surface area contributed by atoms with Crippen LogP contribution in [0.2, 0.25) is 0 Å². The molecule has 5 aromatic rings. The van der Waals surface area contributed by atoms with E-state index >= 15 is 0 Å². The van der Waals surface area contributed by atoms with Crippen molar-refractivity contribution in [2.75, 3.05) is 39.1 Å². The van der Waals surface area contributed by atoms with E-state index in [9.17, 15) is 9.90 Å². The Labute approximate surface area is 255 Å². The van der Waals surface area contributed by atoms with Crippen LogP contribution in [0.15, 0.2) is 65.6 Å². The van der Waals surface area contributed by atoms with Gasteiger partial charge in [-0.25, -0.2) is 14.8 Å². The van der Waals surface area contributed by atoms with E-state index < -0.39 is 5.97 Å². The number of aromatic carboxylic acids is 1. The Hall–Kier alpha value is -3.66. The molecule has 8 nitrogen and oxygen atoms in total. The number of rotatable bonds is 9. The van der Waals surface area contributed by atoms with Crippen LogP contribution < -0.4 is 0 Å². The van der Waals surface area contributed by atoms with E-state index in [1.165, 1.54) is 30.6 Å². The molecule has 2 aliphatic rings. The quantitative estimate of drug-likeness (QED) is 0.184. The smallest absolute Gasteiger partial charge is 0.335 e. The van der Waals surface area contributed by atoms with Crippen LogP contribution >= 0.6 is 11.8 Å². The maximum Gasteiger partial charge on any atom is 0.335 e. The van der Waals surface area contributed by atoms with Crippen LogP contribution in [-0.4, -0.2) is 74.2 Å². The molecule has 0 unspecified atom stereocenters. The summed E-state index contributed by atoms with van der Waals surface area (Å²) >= 11 is 1.75. The predicted octanol–water partition coefficient (Wildman–Crippen LogP) is 6.98. The Kier molecular flexibility index (Phi) is 7.95. The van der Waals surface area contributed by atoms with Crippen LogP contribution in [0.3, 0.4) is 0 Å². The molecule has 1 saturated carbocycles. The van der Waals surface area contributed by atoms with Crippen molar-refractivity contribution in [3.05, 3.63) is 66.2 Å². The van der Waals surface area contributed by atoms with Gasteiger partial charge in [-0.05, 0) is 74.0 Å². The van der Waals surface area contributed by atoms with Crippen molar-refractivity contribution in [2.24, 2.45) is 0 Å². The zero-order valence-corrected chi connectivity index (χ0v) is 25.4. The van der Waals surface area contributed by atoms with Gasteiger partial charge in [0.25, 0.3) is 0 Å². The number of imidazole rings is 2. The average molecular weight is 596 g/mol. The fraction of sp³-hybridized carbons (Fsp3) is 0.382. The van der Waals surface area contributed by atoms with Crippen LogP contribution in [0.4, 0.5) is 0 Å². The highest BCUT2D eigenvalue weighted by atomic mass is 32.2. The van der Waals surface area contributed by atoms with Crippen molar-refractivity contribution in [3.8, 4) is 22.8 Å². The first-order valence-electron chi connectivity index (χ1n) is 15.3. The molecular formula is C34H37N5O3S. The molecule has 3 heterocycles. The summed E-state index contributed by atoms with van der Waals surface area (Å²) in [6.45, 7) is 5.27. The number of fused-ring (bicyclic) bond motifs is 2. The molecule has 3 aromatic carbocycles. The number of aryl methyl sites for hydroxylation is 1. The van der Waals surface area contributed by atoms with Crippen molar-refractivity contribution >= 4 is 39.8 Å². The molecule has 1 saturated heterocycles. The van der Waals surface area contributed by atoms with Crippen molar-refractivity contribution < 1.29 is 14.6 Å². The van der Waals surface area contributed by atoms with Crippen molar-refractivity contribution in [1.29, 1.82) is 0 Å². The molecule has 1 aliphatic heterocycles. The SMILES string of the molecule is CSc1ccc(-c2nc3cc(-c4nc5cc(C(=O)O)ccc5n4CCCN4CCOCC4)ccc3n2C2CCCC2)cc1. The number of ether oxygens (including phenoxy) is 1. The molecule has 7 rings (SSSR count). The second-order valence-electron chi connectivity index (χ2n) is 11.6. The lowest BCUT2D eigenvalue weighted by atomic mass is 10.1. The number of carboxylic acid groups (broad SMARTS) is 1. The first-order chi connectivity index (χ1) is 21.1.